The molecule has 0 radical (unpaired) electrons. The van der Waals surface area contributed by atoms with Gasteiger partial charge in [-0.15, -0.1) is 11.8 Å². The molecule has 2 aromatic rings. The van der Waals surface area contributed by atoms with Crippen LogP contribution in [-0.4, -0.2) is 6.61 Å². The highest BCUT2D eigenvalue weighted by molar-refractivity contribution is 9.10. The molecule has 4 heteroatoms. The largest absolute Gasteiger partial charge is 0.494 e. The van der Waals surface area contributed by atoms with Crippen molar-refractivity contribution < 1.29 is 4.74 Å². The molecule has 100 valence electrons. The van der Waals surface area contributed by atoms with Crippen LogP contribution in [0.4, 0.5) is 5.69 Å². The zero-order valence-corrected chi connectivity index (χ0v) is 13.1. The van der Waals surface area contributed by atoms with Crippen LogP contribution in [0.25, 0.3) is 0 Å². The van der Waals surface area contributed by atoms with Gasteiger partial charge in [0.15, 0.2) is 0 Å². The summed E-state index contributed by atoms with van der Waals surface area (Å²) in [5, 5.41) is 0. The van der Waals surface area contributed by atoms with E-state index >= 15 is 0 Å². The lowest BCUT2D eigenvalue weighted by Crippen LogP contribution is -1.91. The third kappa shape index (κ3) is 4.18. The Hall–Kier alpha value is -1.13. The number of halogens is 1. The number of benzene rings is 2. The number of hydrogen-bond acceptors (Lipinski definition) is 3. The summed E-state index contributed by atoms with van der Waals surface area (Å²) in [5.41, 5.74) is 8.05. The van der Waals surface area contributed by atoms with Gasteiger partial charge in [-0.25, -0.2) is 0 Å². The van der Waals surface area contributed by atoms with Crippen molar-refractivity contribution in [1.82, 2.24) is 0 Å². The van der Waals surface area contributed by atoms with E-state index in [9.17, 15) is 0 Å². The molecule has 0 heterocycles. The van der Waals surface area contributed by atoms with Crippen molar-refractivity contribution in [3.8, 4) is 5.75 Å². The minimum Gasteiger partial charge on any atom is -0.494 e. The van der Waals surface area contributed by atoms with Crippen molar-refractivity contribution in [3.63, 3.8) is 0 Å². The smallest absolute Gasteiger partial charge is 0.119 e. The Morgan fingerprint density at radius 1 is 1.16 bits per heavy atom. The van der Waals surface area contributed by atoms with E-state index in [-0.39, 0.29) is 0 Å². The van der Waals surface area contributed by atoms with Gasteiger partial charge in [0.1, 0.15) is 5.75 Å². The van der Waals surface area contributed by atoms with Gasteiger partial charge in [0.25, 0.3) is 0 Å². The Morgan fingerprint density at radius 3 is 2.53 bits per heavy atom. The molecule has 0 fully saturated rings. The summed E-state index contributed by atoms with van der Waals surface area (Å²) >= 11 is 5.15. The molecule has 0 aliphatic heterocycles. The molecule has 2 rings (SSSR count). The number of rotatable bonds is 5. The van der Waals surface area contributed by atoms with Crippen molar-refractivity contribution in [2.24, 2.45) is 0 Å². The minimum atomic E-state index is 0.698. The molecule has 0 aliphatic carbocycles. The molecule has 2 nitrogen and oxygen atoms in total. The van der Waals surface area contributed by atoms with Gasteiger partial charge >= 0.3 is 0 Å². The van der Waals surface area contributed by atoms with Gasteiger partial charge in [-0.3, -0.25) is 0 Å². The topological polar surface area (TPSA) is 35.2 Å². The maximum Gasteiger partial charge on any atom is 0.119 e. The molecule has 0 aromatic heterocycles. The first-order valence-corrected chi connectivity index (χ1v) is 7.86. The molecule has 0 unspecified atom stereocenters. The monoisotopic (exact) mass is 337 g/mol. The van der Waals surface area contributed by atoms with E-state index in [0.717, 1.165) is 26.6 Å². The average Bonchev–Trinajstić information content (AvgIpc) is 2.40. The molecule has 0 saturated heterocycles. The van der Waals surface area contributed by atoms with Crippen LogP contribution in [0, 0.1) is 0 Å². The SMILES string of the molecule is CCOc1ccc(CSc2ccc(Br)cc2N)cc1. The fraction of sp³-hybridized carbons (Fsp3) is 0.200. The number of thioether (sulfide) groups is 1. The lowest BCUT2D eigenvalue weighted by atomic mass is 10.2. The Labute approximate surface area is 126 Å². The molecular weight excluding hydrogens is 322 g/mol. The first-order chi connectivity index (χ1) is 9.19. The number of hydrogen-bond donors (Lipinski definition) is 1. The van der Waals surface area contributed by atoms with E-state index < -0.39 is 0 Å². The van der Waals surface area contributed by atoms with E-state index in [4.69, 9.17) is 10.5 Å². The van der Waals surface area contributed by atoms with Crippen molar-refractivity contribution in [3.05, 3.63) is 52.5 Å². The van der Waals surface area contributed by atoms with Crippen LogP contribution in [0.3, 0.4) is 0 Å². The molecular formula is C15H16BrNOS. The lowest BCUT2D eigenvalue weighted by Gasteiger charge is -2.07. The molecule has 0 bridgehead atoms. The summed E-state index contributed by atoms with van der Waals surface area (Å²) in [7, 11) is 0. The van der Waals surface area contributed by atoms with E-state index in [1.807, 2.05) is 37.3 Å². The second kappa shape index (κ2) is 6.87. The van der Waals surface area contributed by atoms with Crippen LogP contribution in [-0.2, 0) is 5.75 Å². The minimum absolute atomic E-state index is 0.698. The number of ether oxygens (including phenoxy) is 1. The van der Waals surface area contributed by atoms with Crippen molar-refractivity contribution >= 4 is 33.4 Å². The van der Waals surface area contributed by atoms with Gasteiger partial charge in [-0.2, -0.15) is 0 Å². The molecule has 0 atom stereocenters. The molecule has 0 amide bonds. The van der Waals surface area contributed by atoms with Gasteiger partial charge in [0.2, 0.25) is 0 Å². The summed E-state index contributed by atoms with van der Waals surface area (Å²) < 4.78 is 6.43. The van der Waals surface area contributed by atoms with Gasteiger partial charge in [0.05, 0.1) is 6.61 Å². The third-order valence-electron chi connectivity index (χ3n) is 2.60. The van der Waals surface area contributed by atoms with Crippen LogP contribution in [0.15, 0.2) is 51.8 Å². The second-order valence-corrected chi connectivity index (χ2v) is 5.98. The van der Waals surface area contributed by atoms with Crippen LogP contribution in [0.1, 0.15) is 12.5 Å². The predicted molar refractivity (Wildman–Crippen MR) is 85.7 cm³/mol. The highest BCUT2D eigenvalue weighted by Gasteiger charge is 2.02. The number of nitrogens with two attached hydrogens (primary N) is 1. The van der Waals surface area contributed by atoms with Gasteiger partial charge in [0, 0.05) is 20.8 Å². The van der Waals surface area contributed by atoms with Crippen molar-refractivity contribution in [1.29, 1.82) is 0 Å². The van der Waals surface area contributed by atoms with Crippen molar-refractivity contribution in [2.45, 2.75) is 17.6 Å². The fourth-order valence-electron chi connectivity index (χ4n) is 1.66. The Morgan fingerprint density at radius 2 is 1.89 bits per heavy atom. The van der Waals surface area contributed by atoms with Crippen LogP contribution >= 0.6 is 27.7 Å². The molecule has 2 N–H and O–H groups in total. The van der Waals surface area contributed by atoms with Crippen LogP contribution in [0.2, 0.25) is 0 Å². The summed E-state index contributed by atoms with van der Waals surface area (Å²) in [6.07, 6.45) is 0. The highest BCUT2D eigenvalue weighted by Crippen LogP contribution is 2.30. The average molecular weight is 338 g/mol. The fourth-order valence-corrected chi connectivity index (χ4v) is 2.94. The Balaban J connectivity index is 1.98. The first kappa shape index (κ1) is 14.3. The molecule has 0 saturated carbocycles. The second-order valence-electron chi connectivity index (χ2n) is 4.05. The van der Waals surface area contributed by atoms with Crippen LogP contribution in [0.5, 0.6) is 5.75 Å². The molecule has 2 aromatic carbocycles. The van der Waals surface area contributed by atoms with E-state index in [0.29, 0.717) is 6.61 Å². The number of anilines is 1. The van der Waals surface area contributed by atoms with Gasteiger partial charge < -0.3 is 10.5 Å². The van der Waals surface area contributed by atoms with Crippen LogP contribution < -0.4 is 10.5 Å². The first-order valence-electron chi connectivity index (χ1n) is 6.08. The molecule has 19 heavy (non-hydrogen) atoms. The van der Waals surface area contributed by atoms with Gasteiger partial charge in [-0.1, -0.05) is 28.1 Å². The standard InChI is InChI=1S/C15H16BrNOS/c1-2-18-13-6-3-11(4-7-13)10-19-15-8-5-12(16)9-14(15)17/h3-9H,2,10,17H2,1H3. The Kier molecular flexibility index (Phi) is 5.16. The maximum atomic E-state index is 5.98. The predicted octanol–water partition coefficient (Wildman–Crippen LogP) is 4.72. The molecule has 0 spiro atoms. The summed E-state index contributed by atoms with van der Waals surface area (Å²) in [4.78, 5) is 1.11. The highest BCUT2D eigenvalue weighted by atomic mass is 79.9. The zero-order chi connectivity index (χ0) is 13.7. The molecule has 0 aliphatic rings. The summed E-state index contributed by atoms with van der Waals surface area (Å²) in [5.74, 6) is 1.82. The van der Waals surface area contributed by atoms with E-state index in [1.54, 1.807) is 11.8 Å². The third-order valence-corrected chi connectivity index (χ3v) is 4.25. The van der Waals surface area contributed by atoms with Gasteiger partial charge in [-0.05, 0) is 42.8 Å². The van der Waals surface area contributed by atoms with Crippen molar-refractivity contribution in [2.75, 3.05) is 12.3 Å². The quantitative estimate of drug-likeness (QED) is 0.633. The zero-order valence-electron chi connectivity index (χ0n) is 10.7. The maximum absolute atomic E-state index is 5.98. The van der Waals surface area contributed by atoms with E-state index in [2.05, 4.69) is 28.1 Å². The number of nitrogen functional groups attached to an aromatic ring is 1. The normalized spacial score (nSPS) is 10.4. The summed E-state index contributed by atoms with van der Waals surface area (Å²) in [6, 6.07) is 14.2. The Bertz CT molecular complexity index is 542. The van der Waals surface area contributed by atoms with E-state index in [1.165, 1.54) is 5.56 Å². The lowest BCUT2D eigenvalue weighted by molar-refractivity contribution is 0.340. The summed E-state index contributed by atoms with van der Waals surface area (Å²) in [6.45, 7) is 2.68.